The van der Waals surface area contributed by atoms with E-state index in [1.807, 2.05) is 36.7 Å². The van der Waals surface area contributed by atoms with Crippen LogP contribution in [0.1, 0.15) is 19.9 Å². The topological polar surface area (TPSA) is 82.2 Å². The van der Waals surface area contributed by atoms with Crippen LogP contribution >= 0.6 is 0 Å². The maximum absolute atomic E-state index is 12.0. The summed E-state index contributed by atoms with van der Waals surface area (Å²) in [5, 5.41) is 8.82. The predicted octanol–water partition coefficient (Wildman–Crippen LogP) is 1.78. The van der Waals surface area contributed by atoms with Crippen molar-refractivity contribution in [2.24, 2.45) is 5.92 Å². The predicted molar refractivity (Wildman–Crippen MR) is 77.5 cm³/mol. The highest BCUT2D eigenvalue weighted by Gasteiger charge is 2.34. The van der Waals surface area contributed by atoms with Crippen LogP contribution in [-0.2, 0) is 9.53 Å². The van der Waals surface area contributed by atoms with Crippen LogP contribution in [0.5, 0.6) is 0 Å². The van der Waals surface area contributed by atoms with Crippen molar-refractivity contribution in [3.8, 4) is 0 Å². The number of benzene rings is 1. The molecule has 2 aromatic rings. The van der Waals surface area contributed by atoms with E-state index in [2.05, 4.69) is 10.4 Å². The van der Waals surface area contributed by atoms with Crippen LogP contribution in [0.2, 0.25) is 0 Å². The minimum atomic E-state index is -0.228. The highest BCUT2D eigenvalue weighted by atomic mass is 16.5. The van der Waals surface area contributed by atoms with Crippen molar-refractivity contribution in [3.05, 3.63) is 18.2 Å². The van der Waals surface area contributed by atoms with E-state index in [9.17, 15) is 4.79 Å². The lowest BCUT2D eigenvalue weighted by Gasteiger charge is -2.29. The molecule has 1 aliphatic heterocycles. The summed E-state index contributed by atoms with van der Waals surface area (Å²) in [7, 11) is 0. The number of nitrogens with two attached hydrogens (primary N) is 1. The molecular weight excluding hydrogens is 256 g/mol. The molecule has 20 heavy (non-hydrogen) atoms. The lowest BCUT2D eigenvalue weighted by atomic mass is 9.99. The third-order valence-electron chi connectivity index (χ3n) is 3.77. The molecule has 1 aliphatic rings. The fourth-order valence-corrected chi connectivity index (χ4v) is 2.67. The molecule has 6 heteroatoms. The van der Waals surface area contributed by atoms with E-state index in [4.69, 9.17) is 10.5 Å². The molecule has 0 aliphatic carbocycles. The van der Waals surface area contributed by atoms with Gasteiger partial charge in [0.25, 0.3) is 0 Å². The first-order chi connectivity index (χ1) is 9.61. The number of nitrogen functional groups attached to an aromatic ring is 1. The lowest BCUT2D eigenvalue weighted by Crippen LogP contribution is -2.37. The maximum Gasteiger partial charge on any atom is 0.312 e. The van der Waals surface area contributed by atoms with Crippen LogP contribution in [-0.4, -0.2) is 28.9 Å². The third kappa shape index (κ3) is 1.88. The summed E-state index contributed by atoms with van der Waals surface area (Å²) >= 11 is 0. The van der Waals surface area contributed by atoms with E-state index in [0.29, 0.717) is 18.8 Å². The fraction of sp³-hybridized carbons (Fsp3) is 0.429. The van der Waals surface area contributed by atoms with Gasteiger partial charge in [0.05, 0.1) is 24.1 Å². The van der Waals surface area contributed by atoms with Gasteiger partial charge >= 0.3 is 5.97 Å². The van der Waals surface area contributed by atoms with Crippen LogP contribution in [0.25, 0.3) is 10.9 Å². The first-order valence-corrected chi connectivity index (χ1v) is 6.80. The molecule has 0 fully saturated rings. The number of rotatable bonds is 2. The van der Waals surface area contributed by atoms with Gasteiger partial charge < -0.3 is 15.8 Å². The van der Waals surface area contributed by atoms with E-state index < -0.39 is 0 Å². The SMILES string of the molecule is CCOC(=O)C1CNc2c3cc(N)ccc3nn2C1C. The number of aromatic nitrogens is 2. The summed E-state index contributed by atoms with van der Waals surface area (Å²) in [5.74, 6) is 0.506. The normalized spacial score (nSPS) is 21.3. The summed E-state index contributed by atoms with van der Waals surface area (Å²) in [6.45, 7) is 4.75. The van der Waals surface area contributed by atoms with Crippen molar-refractivity contribution in [2.75, 3.05) is 24.2 Å². The average Bonchev–Trinajstić information content (AvgIpc) is 2.78. The lowest BCUT2D eigenvalue weighted by molar-refractivity contribution is -0.149. The molecule has 2 heterocycles. The number of carbonyl (C=O) groups excluding carboxylic acids is 1. The van der Waals surface area contributed by atoms with Crippen molar-refractivity contribution in [1.29, 1.82) is 0 Å². The molecule has 2 atom stereocenters. The molecule has 1 aromatic heterocycles. The number of nitrogens with one attached hydrogen (secondary N) is 1. The number of esters is 1. The number of carbonyl (C=O) groups is 1. The van der Waals surface area contributed by atoms with Crippen LogP contribution < -0.4 is 11.1 Å². The average molecular weight is 274 g/mol. The number of anilines is 2. The van der Waals surface area contributed by atoms with Crippen molar-refractivity contribution < 1.29 is 9.53 Å². The second-order valence-electron chi connectivity index (χ2n) is 5.05. The quantitative estimate of drug-likeness (QED) is 0.644. The Hall–Kier alpha value is -2.24. The number of hydrogen-bond acceptors (Lipinski definition) is 5. The monoisotopic (exact) mass is 274 g/mol. The molecule has 3 N–H and O–H groups in total. The molecule has 0 spiro atoms. The van der Waals surface area contributed by atoms with E-state index >= 15 is 0 Å². The van der Waals surface area contributed by atoms with Gasteiger partial charge in [0.1, 0.15) is 5.82 Å². The highest BCUT2D eigenvalue weighted by Crippen LogP contribution is 2.34. The summed E-state index contributed by atoms with van der Waals surface area (Å²) in [4.78, 5) is 12.0. The van der Waals surface area contributed by atoms with E-state index in [-0.39, 0.29) is 17.9 Å². The minimum absolute atomic E-state index is 0.0427. The van der Waals surface area contributed by atoms with Gasteiger partial charge in [-0.05, 0) is 32.0 Å². The van der Waals surface area contributed by atoms with Gasteiger partial charge in [-0.25, -0.2) is 4.68 Å². The van der Waals surface area contributed by atoms with Crippen molar-refractivity contribution >= 4 is 28.4 Å². The zero-order chi connectivity index (χ0) is 14.3. The molecule has 1 aromatic carbocycles. The first-order valence-electron chi connectivity index (χ1n) is 6.80. The Balaban J connectivity index is 2.01. The second-order valence-corrected chi connectivity index (χ2v) is 5.05. The third-order valence-corrected chi connectivity index (χ3v) is 3.77. The van der Waals surface area contributed by atoms with Gasteiger partial charge in [-0.3, -0.25) is 4.79 Å². The van der Waals surface area contributed by atoms with Crippen LogP contribution in [0.3, 0.4) is 0 Å². The zero-order valence-electron chi connectivity index (χ0n) is 11.6. The number of fused-ring (bicyclic) bond motifs is 3. The molecular formula is C14H18N4O2. The van der Waals surface area contributed by atoms with Crippen LogP contribution in [0.4, 0.5) is 11.5 Å². The fourth-order valence-electron chi connectivity index (χ4n) is 2.67. The van der Waals surface area contributed by atoms with E-state index in [1.165, 1.54) is 0 Å². The summed E-state index contributed by atoms with van der Waals surface area (Å²) in [6, 6.07) is 5.58. The Morgan fingerprint density at radius 3 is 3.15 bits per heavy atom. The van der Waals surface area contributed by atoms with Crippen molar-refractivity contribution in [1.82, 2.24) is 9.78 Å². The molecule has 0 bridgehead atoms. The molecule has 106 valence electrons. The molecule has 0 amide bonds. The summed E-state index contributed by atoms with van der Waals surface area (Å²) in [5.41, 5.74) is 7.40. The molecule has 3 rings (SSSR count). The Kier molecular flexibility index (Phi) is 3.00. The van der Waals surface area contributed by atoms with Crippen LogP contribution in [0.15, 0.2) is 18.2 Å². The smallest absolute Gasteiger partial charge is 0.312 e. The second kappa shape index (κ2) is 4.70. The van der Waals surface area contributed by atoms with Crippen molar-refractivity contribution in [3.63, 3.8) is 0 Å². The van der Waals surface area contributed by atoms with E-state index in [0.717, 1.165) is 16.7 Å². The Morgan fingerprint density at radius 1 is 1.60 bits per heavy atom. The Morgan fingerprint density at radius 2 is 2.40 bits per heavy atom. The maximum atomic E-state index is 12.0. The largest absolute Gasteiger partial charge is 0.466 e. The number of ether oxygens (including phenoxy) is 1. The number of hydrogen-bond donors (Lipinski definition) is 2. The first kappa shape index (κ1) is 12.8. The molecule has 0 radical (unpaired) electrons. The Bertz CT molecular complexity index is 664. The molecule has 6 nitrogen and oxygen atoms in total. The van der Waals surface area contributed by atoms with Gasteiger partial charge in [-0.2, -0.15) is 5.10 Å². The summed E-state index contributed by atoms with van der Waals surface area (Å²) in [6.07, 6.45) is 0. The Labute approximate surface area is 116 Å². The standard InChI is InChI=1S/C14H18N4O2/c1-3-20-14(19)11-7-16-13-10-6-9(15)4-5-12(10)17-18(13)8(11)2/h4-6,8,11,16H,3,7,15H2,1-2H3. The molecule has 2 unspecified atom stereocenters. The number of nitrogens with zero attached hydrogens (tertiary/aromatic N) is 2. The minimum Gasteiger partial charge on any atom is -0.466 e. The highest BCUT2D eigenvalue weighted by molar-refractivity contribution is 5.93. The molecule has 0 saturated heterocycles. The van der Waals surface area contributed by atoms with Crippen LogP contribution in [0, 0.1) is 5.92 Å². The van der Waals surface area contributed by atoms with Crippen molar-refractivity contribution in [2.45, 2.75) is 19.9 Å². The van der Waals surface area contributed by atoms with E-state index in [1.54, 1.807) is 0 Å². The van der Waals surface area contributed by atoms with Gasteiger partial charge in [0, 0.05) is 17.6 Å². The van der Waals surface area contributed by atoms with Gasteiger partial charge in [-0.15, -0.1) is 0 Å². The summed E-state index contributed by atoms with van der Waals surface area (Å²) < 4.78 is 6.98. The van der Waals surface area contributed by atoms with Gasteiger partial charge in [0.15, 0.2) is 0 Å². The van der Waals surface area contributed by atoms with Gasteiger partial charge in [0.2, 0.25) is 0 Å². The zero-order valence-corrected chi connectivity index (χ0v) is 11.6. The molecule has 0 saturated carbocycles. The van der Waals surface area contributed by atoms with Gasteiger partial charge in [-0.1, -0.05) is 0 Å².